The Morgan fingerprint density at radius 2 is 0.825 bits per heavy atom. The summed E-state index contributed by atoms with van der Waals surface area (Å²) >= 11 is 1.88. The van der Waals surface area contributed by atoms with Gasteiger partial charge in [0.25, 0.3) is 0 Å². The van der Waals surface area contributed by atoms with Gasteiger partial charge < -0.3 is 9.32 Å². The Kier molecular flexibility index (Phi) is 9.06. The number of hydrogen-bond donors (Lipinski definition) is 0. The highest BCUT2D eigenvalue weighted by Crippen LogP contribution is 2.51. The third kappa shape index (κ3) is 6.50. The molecule has 0 N–H and O–H groups in total. The normalized spacial score (nSPS) is 11.5. The van der Waals surface area contributed by atoms with Crippen LogP contribution in [0.2, 0.25) is 0 Å². The van der Waals surface area contributed by atoms with Gasteiger partial charge in [0.05, 0.1) is 16.8 Å². The number of benzene rings is 10. The average Bonchev–Trinajstić information content (AvgIpc) is 3.94. The first-order chi connectivity index (χ1) is 31.2. The lowest BCUT2D eigenvalue weighted by Gasteiger charge is -2.28. The third-order valence-corrected chi connectivity index (χ3v) is 13.5. The molecule has 0 unspecified atom stereocenters. The van der Waals surface area contributed by atoms with Crippen molar-refractivity contribution in [3.05, 3.63) is 237 Å². The molecular formula is C60H39NOS. The van der Waals surface area contributed by atoms with Crippen LogP contribution in [-0.4, -0.2) is 0 Å². The maximum absolute atomic E-state index is 6.76. The van der Waals surface area contributed by atoms with Crippen LogP contribution < -0.4 is 4.90 Å². The van der Waals surface area contributed by atoms with E-state index in [-0.39, 0.29) is 0 Å². The monoisotopic (exact) mass is 821 g/mol. The number of furan rings is 1. The molecule has 0 aliphatic carbocycles. The molecule has 0 aliphatic heterocycles. The van der Waals surface area contributed by atoms with Gasteiger partial charge in [0.2, 0.25) is 0 Å². The van der Waals surface area contributed by atoms with E-state index in [2.05, 4.69) is 241 Å². The fourth-order valence-electron chi connectivity index (χ4n) is 9.31. The summed E-state index contributed by atoms with van der Waals surface area (Å²) in [5, 5.41) is 4.62. The van der Waals surface area contributed by atoms with Gasteiger partial charge in [-0.1, -0.05) is 188 Å². The van der Waals surface area contributed by atoms with E-state index in [4.69, 9.17) is 4.42 Å². The Morgan fingerprint density at radius 3 is 1.46 bits per heavy atom. The molecular weight excluding hydrogens is 783 g/mol. The van der Waals surface area contributed by atoms with Gasteiger partial charge in [-0.2, -0.15) is 0 Å². The van der Waals surface area contributed by atoms with E-state index in [1.54, 1.807) is 0 Å². The first-order valence-corrected chi connectivity index (χ1v) is 22.2. The lowest BCUT2D eigenvalue weighted by atomic mass is 9.94. The summed E-state index contributed by atoms with van der Waals surface area (Å²) in [4.78, 5) is 2.46. The van der Waals surface area contributed by atoms with Crippen molar-refractivity contribution in [1.29, 1.82) is 0 Å². The molecule has 2 nitrogen and oxygen atoms in total. The maximum Gasteiger partial charge on any atom is 0.137 e. The van der Waals surface area contributed by atoms with E-state index >= 15 is 0 Å². The highest BCUT2D eigenvalue weighted by molar-refractivity contribution is 7.26. The van der Waals surface area contributed by atoms with E-state index in [1.807, 2.05) is 11.3 Å². The Bertz CT molecular complexity index is 3590. The first kappa shape index (κ1) is 36.8. The predicted octanol–water partition coefficient (Wildman–Crippen LogP) is 17.8. The minimum atomic E-state index is 0.853. The standard InChI is InChI=1S/C60H39NOS/c1-5-16-40(17-6-1)45-30-34-51-56(38-45)62-55-27-15-26-53(58(51)55)61(47-32-28-44(29-33-47)49-25-14-13-24-48(49)42-20-9-3-10-21-42)54-37-36-50(43-22-11-4-12-23-43)60-59(54)52-35-31-46(39-57(52)63-60)41-18-7-2-8-19-41/h1-39H. The molecule has 0 radical (unpaired) electrons. The zero-order chi connectivity index (χ0) is 41.7. The molecule has 0 amide bonds. The van der Waals surface area contributed by atoms with E-state index in [9.17, 15) is 0 Å². The van der Waals surface area contributed by atoms with Crippen LogP contribution in [0.3, 0.4) is 0 Å². The zero-order valence-electron chi connectivity index (χ0n) is 34.3. The number of hydrogen-bond acceptors (Lipinski definition) is 3. The Morgan fingerprint density at radius 1 is 0.317 bits per heavy atom. The highest BCUT2D eigenvalue weighted by atomic mass is 32.1. The molecule has 12 rings (SSSR count). The Hall–Kier alpha value is -7.98. The summed E-state index contributed by atoms with van der Waals surface area (Å²) in [6, 6.07) is 85.2. The molecule has 0 atom stereocenters. The van der Waals surface area contributed by atoms with Crippen LogP contribution in [0.15, 0.2) is 241 Å². The van der Waals surface area contributed by atoms with E-state index in [0.29, 0.717) is 0 Å². The summed E-state index contributed by atoms with van der Waals surface area (Å²) in [6.07, 6.45) is 0. The minimum absolute atomic E-state index is 0.853. The molecule has 0 saturated carbocycles. The smallest absolute Gasteiger partial charge is 0.137 e. The summed E-state index contributed by atoms with van der Waals surface area (Å²) < 4.78 is 9.27. The van der Waals surface area contributed by atoms with Crippen molar-refractivity contribution in [1.82, 2.24) is 0 Å². The van der Waals surface area contributed by atoms with Crippen LogP contribution in [0.1, 0.15) is 0 Å². The molecule has 296 valence electrons. The number of rotatable bonds is 8. The number of thiophene rings is 1. The first-order valence-electron chi connectivity index (χ1n) is 21.4. The molecule has 0 saturated heterocycles. The average molecular weight is 822 g/mol. The van der Waals surface area contributed by atoms with Crippen molar-refractivity contribution in [3.8, 4) is 55.6 Å². The van der Waals surface area contributed by atoms with Crippen LogP contribution in [0.5, 0.6) is 0 Å². The maximum atomic E-state index is 6.76. The van der Waals surface area contributed by atoms with E-state index in [1.165, 1.54) is 59.1 Å². The van der Waals surface area contributed by atoms with Gasteiger partial charge in [-0.05, 0) is 104 Å². The van der Waals surface area contributed by atoms with Gasteiger partial charge in [0.1, 0.15) is 11.2 Å². The van der Waals surface area contributed by atoms with Crippen LogP contribution in [0.25, 0.3) is 97.7 Å². The number of anilines is 3. The second-order valence-electron chi connectivity index (χ2n) is 16.0. The van der Waals surface area contributed by atoms with Gasteiger partial charge in [-0.15, -0.1) is 11.3 Å². The van der Waals surface area contributed by atoms with Crippen LogP contribution in [-0.2, 0) is 0 Å². The fraction of sp³-hybridized carbons (Fsp3) is 0. The van der Waals surface area contributed by atoms with Crippen LogP contribution >= 0.6 is 11.3 Å². The van der Waals surface area contributed by atoms with Crippen molar-refractivity contribution in [2.45, 2.75) is 0 Å². The van der Waals surface area contributed by atoms with Crippen LogP contribution in [0, 0.1) is 0 Å². The van der Waals surface area contributed by atoms with Crippen molar-refractivity contribution in [2.24, 2.45) is 0 Å². The summed E-state index contributed by atoms with van der Waals surface area (Å²) in [6.45, 7) is 0. The van der Waals surface area contributed by atoms with Crippen molar-refractivity contribution < 1.29 is 4.42 Å². The largest absolute Gasteiger partial charge is 0.456 e. The predicted molar refractivity (Wildman–Crippen MR) is 268 cm³/mol. The van der Waals surface area contributed by atoms with E-state index in [0.717, 1.165) is 55.7 Å². The summed E-state index contributed by atoms with van der Waals surface area (Å²) in [5.41, 5.74) is 16.9. The molecule has 3 heteroatoms. The zero-order valence-corrected chi connectivity index (χ0v) is 35.1. The number of fused-ring (bicyclic) bond motifs is 6. The molecule has 0 aliphatic rings. The van der Waals surface area contributed by atoms with Gasteiger partial charge in [0, 0.05) is 31.2 Å². The van der Waals surface area contributed by atoms with Crippen LogP contribution in [0.4, 0.5) is 17.1 Å². The Balaban J connectivity index is 1.11. The molecule has 0 bridgehead atoms. The van der Waals surface area contributed by atoms with E-state index < -0.39 is 0 Å². The fourth-order valence-corrected chi connectivity index (χ4v) is 10.6. The summed E-state index contributed by atoms with van der Waals surface area (Å²) in [5.74, 6) is 0. The lowest BCUT2D eigenvalue weighted by Crippen LogP contribution is -2.11. The molecule has 2 heterocycles. The van der Waals surface area contributed by atoms with Gasteiger partial charge in [-0.25, -0.2) is 0 Å². The van der Waals surface area contributed by atoms with Gasteiger partial charge in [0.15, 0.2) is 0 Å². The molecule has 10 aromatic carbocycles. The quantitative estimate of drug-likeness (QED) is 0.152. The SMILES string of the molecule is c1ccc(-c2ccc3c(c2)oc2cccc(N(c4ccc(-c5ccccc5-c5ccccc5)cc4)c4ccc(-c5ccccc5)c5sc6cc(-c7ccccc7)ccc6c45)c23)cc1. The van der Waals surface area contributed by atoms with Gasteiger partial charge >= 0.3 is 0 Å². The third-order valence-electron chi connectivity index (χ3n) is 12.3. The molecule has 12 aromatic rings. The van der Waals surface area contributed by atoms with Crippen molar-refractivity contribution in [3.63, 3.8) is 0 Å². The lowest BCUT2D eigenvalue weighted by molar-refractivity contribution is 0.669. The summed E-state index contributed by atoms with van der Waals surface area (Å²) in [7, 11) is 0. The second kappa shape index (κ2) is 15.5. The molecule has 63 heavy (non-hydrogen) atoms. The second-order valence-corrected chi connectivity index (χ2v) is 17.1. The topological polar surface area (TPSA) is 16.4 Å². The van der Waals surface area contributed by atoms with Gasteiger partial charge in [-0.3, -0.25) is 0 Å². The number of nitrogens with zero attached hydrogens (tertiary/aromatic N) is 1. The molecule has 0 fully saturated rings. The van der Waals surface area contributed by atoms with Crippen molar-refractivity contribution in [2.75, 3.05) is 4.90 Å². The molecule has 0 spiro atoms. The molecule has 2 aromatic heterocycles. The van der Waals surface area contributed by atoms with Crippen molar-refractivity contribution >= 4 is 70.5 Å². The minimum Gasteiger partial charge on any atom is -0.456 e. The Labute approximate surface area is 370 Å². The highest BCUT2D eigenvalue weighted by Gasteiger charge is 2.25.